The highest BCUT2D eigenvalue weighted by atomic mass is 16.4. The number of hydrogen-bond acceptors (Lipinski definition) is 7. The molecule has 1 heterocycles. The molecule has 0 saturated heterocycles. The summed E-state index contributed by atoms with van der Waals surface area (Å²) >= 11 is 0. The van der Waals surface area contributed by atoms with Crippen LogP contribution in [0.5, 0.6) is 0 Å². The van der Waals surface area contributed by atoms with Gasteiger partial charge in [-0.25, -0.2) is 0 Å². The highest BCUT2D eigenvalue weighted by Gasteiger charge is 2.31. The van der Waals surface area contributed by atoms with Crippen molar-refractivity contribution < 1.29 is 44.1 Å². The summed E-state index contributed by atoms with van der Waals surface area (Å²) in [6, 6.07) is 1.24. The van der Waals surface area contributed by atoms with Crippen molar-refractivity contribution in [2.24, 2.45) is 5.73 Å². The molecule has 3 amide bonds. The first-order valence-electron chi connectivity index (χ1n) is 10.8. The van der Waals surface area contributed by atoms with E-state index in [1.54, 1.807) is 30.5 Å². The zero-order chi connectivity index (χ0) is 27.0. The van der Waals surface area contributed by atoms with E-state index in [4.69, 9.17) is 15.9 Å². The van der Waals surface area contributed by atoms with E-state index < -0.39 is 72.6 Å². The summed E-state index contributed by atoms with van der Waals surface area (Å²) < 4.78 is 0. The molecule has 14 nitrogen and oxygen atoms in total. The summed E-state index contributed by atoms with van der Waals surface area (Å²) in [6.45, 7) is 1.22. The highest BCUT2D eigenvalue weighted by molar-refractivity contribution is 5.96. The summed E-state index contributed by atoms with van der Waals surface area (Å²) in [4.78, 5) is 74.3. The van der Waals surface area contributed by atoms with Gasteiger partial charge in [-0.2, -0.15) is 0 Å². The molecule has 0 aliphatic heterocycles. The molecule has 1 aromatic carbocycles. The predicted octanol–water partition coefficient (Wildman–Crippen LogP) is -1.45. The van der Waals surface area contributed by atoms with Gasteiger partial charge in [-0.3, -0.25) is 28.8 Å². The van der Waals surface area contributed by atoms with Gasteiger partial charge >= 0.3 is 17.9 Å². The molecule has 0 saturated carbocycles. The zero-order valence-electron chi connectivity index (χ0n) is 19.2. The first-order valence-corrected chi connectivity index (χ1v) is 10.8. The van der Waals surface area contributed by atoms with E-state index in [-0.39, 0.29) is 6.42 Å². The Bertz CT molecular complexity index is 1160. The third-order valence-corrected chi connectivity index (χ3v) is 5.20. The van der Waals surface area contributed by atoms with Gasteiger partial charge in [-0.05, 0) is 18.6 Å². The maximum absolute atomic E-state index is 12.9. The maximum atomic E-state index is 12.9. The Morgan fingerprint density at radius 3 is 2.06 bits per heavy atom. The predicted molar refractivity (Wildman–Crippen MR) is 124 cm³/mol. The molecule has 0 aliphatic carbocycles. The van der Waals surface area contributed by atoms with Crippen molar-refractivity contribution in [3.8, 4) is 0 Å². The number of para-hydroxylation sites is 1. The number of aromatic nitrogens is 1. The molecule has 2 aromatic rings. The quantitative estimate of drug-likeness (QED) is 0.157. The number of carbonyl (C=O) groups excluding carboxylic acids is 3. The van der Waals surface area contributed by atoms with Crippen molar-refractivity contribution >= 4 is 46.5 Å². The van der Waals surface area contributed by atoms with Gasteiger partial charge < -0.3 is 42.0 Å². The number of H-pyrrole nitrogens is 1. The van der Waals surface area contributed by atoms with E-state index in [9.17, 15) is 33.9 Å². The molecule has 2 rings (SSSR count). The topological polar surface area (TPSA) is 241 Å². The van der Waals surface area contributed by atoms with Crippen LogP contribution < -0.4 is 21.7 Å². The number of carboxylic acid groups (broad SMARTS) is 3. The molecule has 1 aromatic heterocycles. The molecule has 0 aliphatic rings. The van der Waals surface area contributed by atoms with Crippen LogP contribution in [0.4, 0.5) is 0 Å². The average molecular weight is 505 g/mol. The Morgan fingerprint density at radius 2 is 1.44 bits per heavy atom. The number of nitrogens with two attached hydrogens (primary N) is 1. The number of nitrogens with one attached hydrogen (secondary N) is 4. The van der Waals surface area contributed by atoms with Gasteiger partial charge in [0.1, 0.15) is 18.1 Å². The molecule has 9 N–H and O–H groups in total. The van der Waals surface area contributed by atoms with Gasteiger partial charge in [0.2, 0.25) is 17.7 Å². The van der Waals surface area contributed by atoms with Crippen LogP contribution in [0.25, 0.3) is 10.9 Å². The van der Waals surface area contributed by atoms with Crippen LogP contribution in [-0.2, 0) is 35.2 Å². The van der Waals surface area contributed by atoms with E-state index in [2.05, 4.69) is 20.9 Å². The molecular weight excluding hydrogens is 478 g/mol. The minimum Gasteiger partial charge on any atom is -0.481 e. The first-order chi connectivity index (χ1) is 16.9. The number of hydrogen-bond donors (Lipinski definition) is 8. The summed E-state index contributed by atoms with van der Waals surface area (Å²) in [5, 5.41) is 34.5. The van der Waals surface area contributed by atoms with Gasteiger partial charge in [0.05, 0.1) is 18.9 Å². The highest BCUT2D eigenvalue weighted by Crippen LogP contribution is 2.19. The normalized spacial score (nSPS) is 14.2. The zero-order valence-corrected chi connectivity index (χ0v) is 19.2. The third-order valence-electron chi connectivity index (χ3n) is 5.20. The summed E-state index contributed by atoms with van der Waals surface area (Å²) in [6.07, 6.45) is -0.129. The SMILES string of the molecule is CC(NC(=O)C(Cc1c[nH]c2ccccc12)NC(=O)C(CC(=O)O)NC(=O)C(N)CC(=O)O)C(=O)O. The Hall–Kier alpha value is -4.46. The Labute approximate surface area is 204 Å². The Kier molecular flexibility index (Phi) is 9.50. The molecule has 194 valence electrons. The second kappa shape index (κ2) is 12.3. The van der Waals surface area contributed by atoms with E-state index >= 15 is 0 Å². The Morgan fingerprint density at radius 1 is 0.861 bits per heavy atom. The Balaban J connectivity index is 2.28. The van der Waals surface area contributed by atoms with E-state index in [1.807, 2.05) is 0 Å². The van der Waals surface area contributed by atoms with Gasteiger partial charge in [-0.1, -0.05) is 18.2 Å². The maximum Gasteiger partial charge on any atom is 0.325 e. The molecule has 0 bridgehead atoms. The molecule has 0 fully saturated rings. The lowest BCUT2D eigenvalue weighted by molar-refractivity contribution is -0.143. The number of fused-ring (bicyclic) bond motifs is 1. The third kappa shape index (κ3) is 7.80. The van der Waals surface area contributed by atoms with Crippen molar-refractivity contribution in [2.75, 3.05) is 0 Å². The number of carboxylic acids is 3. The first kappa shape index (κ1) is 27.8. The average Bonchev–Trinajstić information content (AvgIpc) is 3.20. The van der Waals surface area contributed by atoms with Crippen molar-refractivity contribution in [2.45, 2.75) is 50.4 Å². The minimum absolute atomic E-state index is 0.0970. The van der Waals surface area contributed by atoms with E-state index in [1.165, 1.54) is 6.92 Å². The number of amides is 3. The lowest BCUT2D eigenvalue weighted by atomic mass is 10.0. The molecular formula is C22H27N5O9. The van der Waals surface area contributed by atoms with Crippen LogP contribution >= 0.6 is 0 Å². The number of carbonyl (C=O) groups is 6. The fourth-order valence-corrected chi connectivity index (χ4v) is 3.32. The number of rotatable bonds is 13. The number of aromatic amines is 1. The minimum atomic E-state index is -1.69. The van der Waals surface area contributed by atoms with Crippen LogP contribution in [0.15, 0.2) is 30.5 Å². The second-order valence-electron chi connectivity index (χ2n) is 8.06. The molecule has 4 unspecified atom stereocenters. The van der Waals surface area contributed by atoms with Crippen LogP contribution in [0, 0.1) is 0 Å². The van der Waals surface area contributed by atoms with Crippen LogP contribution in [0.2, 0.25) is 0 Å². The van der Waals surface area contributed by atoms with Crippen LogP contribution in [0.1, 0.15) is 25.3 Å². The van der Waals surface area contributed by atoms with Crippen LogP contribution in [0.3, 0.4) is 0 Å². The fourth-order valence-electron chi connectivity index (χ4n) is 3.32. The van der Waals surface area contributed by atoms with Gasteiger partial charge in [0.15, 0.2) is 0 Å². The molecule has 14 heteroatoms. The van der Waals surface area contributed by atoms with Crippen molar-refractivity contribution in [3.05, 3.63) is 36.0 Å². The lowest BCUT2D eigenvalue weighted by Crippen LogP contribution is -2.57. The van der Waals surface area contributed by atoms with Crippen molar-refractivity contribution in [1.29, 1.82) is 0 Å². The van der Waals surface area contributed by atoms with Crippen LogP contribution in [-0.4, -0.2) is 80.1 Å². The largest absolute Gasteiger partial charge is 0.481 e. The smallest absolute Gasteiger partial charge is 0.325 e. The van der Waals surface area contributed by atoms with Gasteiger partial charge in [0, 0.05) is 23.5 Å². The molecule has 36 heavy (non-hydrogen) atoms. The van der Waals surface area contributed by atoms with E-state index in [0.717, 1.165) is 10.9 Å². The van der Waals surface area contributed by atoms with Crippen molar-refractivity contribution in [1.82, 2.24) is 20.9 Å². The van der Waals surface area contributed by atoms with Gasteiger partial charge in [-0.15, -0.1) is 0 Å². The summed E-state index contributed by atoms with van der Waals surface area (Å²) in [5.74, 6) is -7.14. The van der Waals surface area contributed by atoms with E-state index in [0.29, 0.717) is 5.56 Å². The summed E-state index contributed by atoms with van der Waals surface area (Å²) in [5.41, 5.74) is 6.84. The molecule has 0 radical (unpaired) electrons. The number of aliphatic carboxylic acids is 3. The number of benzene rings is 1. The fraction of sp³-hybridized carbons (Fsp3) is 0.364. The monoisotopic (exact) mass is 505 g/mol. The molecule has 4 atom stereocenters. The lowest BCUT2D eigenvalue weighted by Gasteiger charge is -2.24. The van der Waals surface area contributed by atoms with Gasteiger partial charge in [0.25, 0.3) is 0 Å². The standard InChI is InChI=1S/C22H27N5O9/c1-10(22(35)36)25-20(33)15(6-11-9-24-14-5-3-2-4-12(11)14)27-21(34)16(8-18(30)31)26-19(32)13(23)7-17(28)29/h2-5,9-10,13,15-16,24H,6-8,23H2,1H3,(H,25,33)(H,26,32)(H,27,34)(H,28,29)(H,30,31)(H,35,36). The van der Waals surface area contributed by atoms with Crippen molar-refractivity contribution in [3.63, 3.8) is 0 Å². The second-order valence-corrected chi connectivity index (χ2v) is 8.06. The molecule has 0 spiro atoms. The summed E-state index contributed by atoms with van der Waals surface area (Å²) in [7, 11) is 0.